The van der Waals surface area contributed by atoms with Crippen molar-refractivity contribution in [1.29, 1.82) is 0 Å². The summed E-state index contributed by atoms with van der Waals surface area (Å²) in [4.78, 5) is 0. The Bertz CT molecular complexity index is 658. The molecule has 2 aromatic carbocycles. The lowest BCUT2D eigenvalue weighted by Crippen LogP contribution is -2.25. The Labute approximate surface area is 138 Å². The summed E-state index contributed by atoms with van der Waals surface area (Å²) < 4.78 is 5.97. The van der Waals surface area contributed by atoms with Gasteiger partial charge in [-0.1, -0.05) is 62.2 Å². The topological polar surface area (TPSA) is 29.5 Å². The molecule has 0 aliphatic heterocycles. The summed E-state index contributed by atoms with van der Waals surface area (Å²) in [6.07, 6.45) is 7.86. The van der Waals surface area contributed by atoms with Gasteiger partial charge in [-0.2, -0.15) is 0 Å². The Kier molecular flexibility index (Phi) is 5.14. The third-order valence-corrected chi connectivity index (χ3v) is 4.36. The molecule has 2 nitrogen and oxygen atoms in total. The number of unbranched alkanes of at least 4 members (excludes halogenated alkanes) is 2. The van der Waals surface area contributed by atoms with Crippen molar-refractivity contribution >= 4 is 6.08 Å². The van der Waals surface area contributed by atoms with Crippen molar-refractivity contribution in [1.82, 2.24) is 0 Å². The van der Waals surface area contributed by atoms with Gasteiger partial charge in [0.05, 0.1) is 0 Å². The van der Waals surface area contributed by atoms with Gasteiger partial charge >= 0.3 is 0 Å². The van der Waals surface area contributed by atoms with Crippen LogP contribution in [0.4, 0.5) is 0 Å². The predicted octanol–water partition coefficient (Wildman–Crippen LogP) is 4.93. The molecule has 0 radical (unpaired) electrons. The minimum atomic E-state index is -0.625. The average molecular weight is 308 g/mol. The number of ether oxygens (including phenoxy) is 1. The van der Waals surface area contributed by atoms with Crippen LogP contribution < -0.4 is 4.74 Å². The molecule has 0 fully saturated rings. The largest absolute Gasteiger partial charge is 0.483 e. The van der Waals surface area contributed by atoms with Crippen LogP contribution in [0.2, 0.25) is 0 Å². The molecule has 0 aromatic heterocycles. The second-order valence-electron chi connectivity index (χ2n) is 6.12. The van der Waals surface area contributed by atoms with Gasteiger partial charge in [-0.3, -0.25) is 0 Å². The number of aryl methyl sites for hydroxylation is 1. The minimum absolute atomic E-state index is 0.337. The molecule has 2 heteroatoms. The van der Waals surface area contributed by atoms with E-state index in [0.29, 0.717) is 0 Å². The number of hydrogen-bond acceptors (Lipinski definition) is 2. The lowest BCUT2D eigenvalue weighted by Gasteiger charge is -2.26. The van der Waals surface area contributed by atoms with Crippen LogP contribution in [0.15, 0.2) is 54.6 Å². The van der Waals surface area contributed by atoms with Crippen molar-refractivity contribution in [3.8, 4) is 5.75 Å². The highest BCUT2D eigenvalue weighted by molar-refractivity contribution is 5.58. The highest BCUT2D eigenvalue weighted by atomic mass is 16.5. The Morgan fingerprint density at radius 3 is 2.57 bits per heavy atom. The van der Waals surface area contributed by atoms with Crippen molar-refractivity contribution in [2.24, 2.45) is 0 Å². The van der Waals surface area contributed by atoms with E-state index in [9.17, 15) is 5.11 Å². The van der Waals surface area contributed by atoms with Gasteiger partial charge in [0.15, 0.2) is 0 Å². The van der Waals surface area contributed by atoms with Crippen molar-refractivity contribution in [3.63, 3.8) is 0 Å². The number of fused-ring (bicyclic) bond motifs is 1. The smallest absolute Gasteiger partial charge is 0.147 e. The van der Waals surface area contributed by atoms with Crippen LogP contribution >= 0.6 is 0 Å². The number of aliphatic hydroxyl groups excluding tert-OH is 1. The Morgan fingerprint density at radius 2 is 1.78 bits per heavy atom. The Morgan fingerprint density at radius 1 is 1.00 bits per heavy atom. The average Bonchev–Trinajstić information content (AvgIpc) is 2.59. The zero-order valence-corrected chi connectivity index (χ0v) is 13.6. The van der Waals surface area contributed by atoms with Gasteiger partial charge in [0.25, 0.3) is 0 Å². The monoisotopic (exact) mass is 308 g/mol. The van der Waals surface area contributed by atoms with E-state index in [4.69, 9.17) is 4.74 Å². The Balaban J connectivity index is 1.64. The summed E-state index contributed by atoms with van der Waals surface area (Å²) in [5.41, 5.74) is 3.33. The molecule has 0 amide bonds. The quantitative estimate of drug-likeness (QED) is 0.767. The van der Waals surface area contributed by atoms with Gasteiger partial charge in [-0.25, -0.2) is 0 Å². The lowest BCUT2D eigenvalue weighted by molar-refractivity contribution is 0.0623. The van der Waals surface area contributed by atoms with Crippen LogP contribution in [0.1, 0.15) is 49.0 Å². The first-order valence-electron chi connectivity index (χ1n) is 8.48. The molecule has 23 heavy (non-hydrogen) atoms. The summed E-state index contributed by atoms with van der Waals surface area (Å²) in [6, 6.07) is 16.1. The summed E-state index contributed by atoms with van der Waals surface area (Å²) in [5, 5.41) is 10.5. The first-order valence-corrected chi connectivity index (χ1v) is 8.48. The van der Waals surface area contributed by atoms with Crippen LogP contribution in [0.5, 0.6) is 5.75 Å². The summed E-state index contributed by atoms with van der Waals surface area (Å²) in [6.45, 7) is 2.22. The van der Waals surface area contributed by atoms with E-state index < -0.39 is 6.10 Å². The molecule has 1 aliphatic rings. The SMILES string of the molecule is CCCCCc1ccc(O[C@H]2C=Cc3ccccc3[C@@H]2O)cc1. The molecule has 3 rings (SSSR count). The maximum Gasteiger partial charge on any atom is 0.147 e. The first-order chi connectivity index (χ1) is 11.3. The summed E-state index contributed by atoms with van der Waals surface area (Å²) >= 11 is 0. The third kappa shape index (κ3) is 3.83. The summed E-state index contributed by atoms with van der Waals surface area (Å²) in [5.74, 6) is 0.803. The highest BCUT2D eigenvalue weighted by Crippen LogP contribution is 2.30. The molecular weight excluding hydrogens is 284 g/mol. The number of aliphatic hydroxyl groups is 1. The molecule has 1 aliphatic carbocycles. The van der Waals surface area contributed by atoms with E-state index >= 15 is 0 Å². The molecule has 2 atom stereocenters. The van der Waals surface area contributed by atoms with Gasteiger partial charge in [0.2, 0.25) is 0 Å². The fourth-order valence-electron chi connectivity index (χ4n) is 2.99. The van der Waals surface area contributed by atoms with E-state index in [1.807, 2.05) is 48.6 Å². The summed E-state index contributed by atoms with van der Waals surface area (Å²) in [7, 11) is 0. The second-order valence-corrected chi connectivity index (χ2v) is 6.12. The standard InChI is InChI=1S/C21H24O2/c1-2-3-4-7-16-10-13-18(14-11-16)23-20-15-12-17-8-5-6-9-19(17)21(20)22/h5-6,8-15,20-22H,2-4,7H2,1H3/t20-,21-/m0/s1. The van der Waals surface area contributed by atoms with Crippen LogP contribution in [0.25, 0.3) is 6.08 Å². The molecule has 0 bridgehead atoms. The van der Waals surface area contributed by atoms with Crippen LogP contribution in [0.3, 0.4) is 0 Å². The van der Waals surface area contributed by atoms with Crippen molar-refractivity contribution in [3.05, 3.63) is 71.3 Å². The number of benzene rings is 2. The fraction of sp³-hybridized carbons (Fsp3) is 0.333. The first kappa shape index (κ1) is 15.8. The van der Waals surface area contributed by atoms with E-state index in [1.165, 1.54) is 24.8 Å². The van der Waals surface area contributed by atoms with Crippen molar-refractivity contribution < 1.29 is 9.84 Å². The van der Waals surface area contributed by atoms with Crippen molar-refractivity contribution in [2.45, 2.75) is 44.8 Å². The van der Waals surface area contributed by atoms with E-state index in [2.05, 4.69) is 19.1 Å². The minimum Gasteiger partial charge on any atom is -0.483 e. The maximum atomic E-state index is 10.5. The van der Waals surface area contributed by atoms with E-state index in [1.54, 1.807) is 0 Å². The van der Waals surface area contributed by atoms with Gasteiger partial charge in [-0.05, 0) is 47.7 Å². The maximum absolute atomic E-state index is 10.5. The van der Waals surface area contributed by atoms with Gasteiger partial charge in [0, 0.05) is 0 Å². The highest BCUT2D eigenvalue weighted by Gasteiger charge is 2.25. The normalized spacial score (nSPS) is 19.4. The van der Waals surface area contributed by atoms with Gasteiger partial charge in [0.1, 0.15) is 18.0 Å². The lowest BCUT2D eigenvalue weighted by atomic mass is 9.93. The third-order valence-electron chi connectivity index (χ3n) is 4.36. The molecule has 1 N–H and O–H groups in total. The van der Waals surface area contributed by atoms with Crippen LogP contribution in [-0.2, 0) is 6.42 Å². The number of hydrogen-bond donors (Lipinski definition) is 1. The molecular formula is C21H24O2. The molecule has 0 saturated carbocycles. The molecule has 2 aromatic rings. The Hall–Kier alpha value is -2.06. The zero-order chi connectivity index (χ0) is 16.1. The molecule has 0 spiro atoms. The fourth-order valence-corrected chi connectivity index (χ4v) is 2.99. The molecule has 0 saturated heterocycles. The molecule has 120 valence electrons. The molecule has 0 unspecified atom stereocenters. The van der Waals surface area contributed by atoms with Crippen molar-refractivity contribution in [2.75, 3.05) is 0 Å². The zero-order valence-electron chi connectivity index (χ0n) is 13.6. The van der Waals surface area contributed by atoms with Gasteiger partial charge < -0.3 is 9.84 Å². The second kappa shape index (κ2) is 7.47. The predicted molar refractivity (Wildman–Crippen MR) is 94.5 cm³/mol. The number of rotatable bonds is 6. The van der Waals surface area contributed by atoms with Gasteiger partial charge in [-0.15, -0.1) is 0 Å². The molecule has 0 heterocycles. The van der Waals surface area contributed by atoms with Crippen LogP contribution in [0, 0.1) is 0 Å². The van der Waals surface area contributed by atoms with Crippen LogP contribution in [-0.4, -0.2) is 11.2 Å². The van der Waals surface area contributed by atoms with E-state index in [0.717, 1.165) is 23.3 Å². The van der Waals surface area contributed by atoms with E-state index in [-0.39, 0.29) is 6.10 Å².